The Labute approximate surface area is 213 Å². The third kappa shape index (κ3) is 14.5. The summed E-state index contributed by atoms with van der Waals surface area (Å²) in [6, 6.07) is 12.9. The maximum atomic E-state index is 11.5. The lowest BCUT2D eigenvalue weighted by molar-refractivity contribution is -0.138. The molecule has 8 heteroatoms. The molecule has 36 heavy (non-hydrogen) atoms. The van der Waals surface area contributed by atoms with Gasteiger partial charge < -0.3 is 30.4 Å². The van der Waals surface area contributed by atoms with Gasteiger partial charge in [-0.1, -0.05) is 18.7 Å². The second kappa shape index (κ2) is 18.5. The Kier molecular flexibility index (Phi) is 15.6. The molecule has 0 aliphatic carbocycles. The van der Waals surface area contributed by atoms with E-state index in [0.717, 1.165) is 43.3 Å². The third-order valence-electron chi connectivity index (χ3n) is 4.62. The first-order valence-electron chi connectivity index (χ1n) is 11.8. The Balaban J connectivity index is 0.00000118. The van der Waals surface area contributed by atoms with Crippen molar-refractivity contribution in [3.8, 4) is 11.5 Å². The summed E-state index contributed by atoms with van der Waals surface area (Å²) in [5.41, 5.74) is 14.2. The van der Waals surface area contributed by atoms with Crippen LogP contribution < -0.4 is 20.9 Å². The highest BCUT2D eigenvalue weighted by atomic mass is 16.6. The molecule has 4 N–H and O–H groups in total. The molecule has 0 atom stereocenters. The van der Waals surface area contributed by atoms with Gasteiger partial charge in [0.2, 0.25) is 0 Å². The molecule has 0 aromatic heterocycles. The average molecular weight is 499 g/mol. The number of hydrogen-bond acceptors (Lipinski definition) is 8. The van der Waals surface area contributed by atoms with E-state index in [1.807, 2.05) is 24.3 Å². The number of benzene rings is 2. The molecule has 2 rings (SSSR count). The summed E-state index contributed by atoms with van der Waals surface area (Å²) in [5, 5.41) is 0. The number of methoxy groups -OCH3 is 1. The monoisotopic (exact) mass is 498 g/mol. The van der Waals surface area contributed by atoms with Crippen molar-refractivity contribution < 1.29 is 28.5 Å². The molecule has 0 amide bonds. The predicted molar refractivity (Wildman–Crippen MR) is 144 cm³/mol. The number of rotatable bonds is 15. The molecule has 8 nitrogen and oxygen atoms in total. The number of anilines is 2. The van der Waals surface area contributed by atoms with Gasteiger partial charge in [0.05, 0.1) is 25.5 Å². The number of nitrogen functional groups attached to an aromatic ring is 2. The molecular formula is C28H38N2O6. The van der Waals surface area contributed by atoms with Gasteiger partial charge >= 0.3 is 5.97 Å². The summed E-state index contributed by atoms with van der Waals surface area (Å²) in [5.74, 6) is 1.10. The molecule has 0 fully saturated rings. The van der Waals surface area contributed by atoms with Gasteiger partial charge in [0.15, 0.2) is 0 Å². The minimum Gasteiger partial charge on any atom is -0.494 e. The zero-order valence-corrected chi connectivity index (χ0v) is 21.2. The van der Waals surface area contributed by atoms with Gasteiger partial charge in [0.25, 0.3) is 0 Å². The molecule has 0 aliphatic rings. The number of nitrogens with two attached hydrogens (primary N) is 2. The van der Waals surface area contributed by atoms with Gasteiger partial charge in [-0.05, 0) is 80.2 Å². The van der Waals surface area contributed by atoms with Crippen molar-refractivity contribution in [1.29, 1.82) is 0 Å². The first-order valence-corrected chi connectivity index (χ1v) is 11.8. The van der Waals surface area contributed by atoms with Crippen molar-refractivity contribution in [3.05, 3.63) is 66.3 Å². The van der Waals surface area contributed by atoms with Gasteiger partial charge in [0, 0.05) is 18.9 Å². The number of unbranched alkanes of at least 4 members (excludes halogenated alkanes) is 3. The SMILES string of the molecule is C=C(C)C=O.COCCOC(=O)/C=C/c1ccc(OCCCCCCOc2ccc(N)cc2N)cc1. The molecule has 0 bridgehead atoms. The molecule has 0 radical (unpaired) electrons. The minimum absolute atomic E-state index is 0.247. The van der Waals surface area contributed by atoms with Crippen LogP contribution in [0.2, 0.25) is 0 Å². The minimum atomic E-state index is -0.389. The van der Waals surface area contributed by atoms with Crippen molar-refractivity contribution in [3.63, 3.8) is 0 Å². The van der Waals surface area contributed by atoms with Crippen LogP contribution in [0.25, 0.3) is 6.08 Å². The standard InChI is InChI=1S/C24H32N2O5.C4H6O/c1-28-16-17-31-24(27)13-8-19-6-10-21(11-7-19)29-14-4-2-3-5-15-30-23-12-9-20(25)18-22(23)26;1-4(2)3-5/h6-13,18H,2-5,14-17,25-26H2,1H3;3H,1H2,2H3/b13-8+;. The van der Waals surface area contributed by atoms with Crippen LogP contribution in [0.4, 0.5) is 11.4 Å². The largest absolute Gasteiger partial charge is 0.494 e. The van der Waals surface area contributed by atoms with E-state index in [0.29, 0.717) is 42.5 Å². The first-order chi connectivity index (χ1) is 17.3. The van der Waals surface area contributed by atoms with Gasteiger partial charge in [-0.2, -0.15) is 0 Å². The predicted octanol–water partition coefficient (Wildman–Crippen LogP) is 4.83. The number of ether oxygens (including phenoxy) is 4. The van der Waals surface area contributed by atoms with E-state index in [1.165, 1.54) is 6.08 Å². The first kappa shape index (κ1) is 30.3. The summed E-state index contributed by atoms with van der Waals surface area (Å²) in [6.07, 6.45) is 7.88. The van der Waals surface area contributed by atoms with Crippen molar-refractivity contribution >= 4 is 29.7 Å². The quantitative estimate of drug-likeness (QED) is 0.118. The van der Waals surface area contributed by atoms with Crippen LogP contribution in [-0.4, -0.2) is 45.8 Å². The zero-order chi connectivity index (χ0) is 26.6. The van der Waals surface area contributed by atoms with Gasteiger partial charge in [-0.15, -0.1) is 0 Å². The van der Waals surface area contributed by atoms with Crippen molar-refractivity contribution in [1.82, 2.24) is 0 Å². The highest BCUT2D eigenvalue weighted by molar-refractivity contribution is 5.87. The van der Waals surface area contributed by atoms with Gasteiger partial charge in [-0.3, -0.25) is 4.79 Å². The molecule has 0 saturated heterocycles. The second-order valence-corrected chi connectivity index (χ2v) is 7.94. The van der Waals surface area contributed by atoms with E-state index < -0.39 is 0 Å². The van der Waals surface area contributed by atoms with Gasteiger partial charge in [-0.25, -0.2) is 4.79 Å². The topological polar surface area (TPSA) is 123 Å². The Morgan fingerprint density at radius 2 is 1.56 bits per heavy atom. The molecular weight excluding hydrogens is 460 g/mol. The Hall–Kier alpha value is -3.78. The number of aldehydes is 1. The fourth-order valence-electron chi connectivity index (χ4n) is 2.74. The van der Waals surface area contributed by atoms with Crippen LogP contribution in [0.15, 0.2) is 60.7 Å². The molecule has 0 aliphatic heterocycles. The summed E-state index contributed by atoms with van der Waals surface area (Å²) in [4.78, 5) is 20.9. The van der Waals surface area contributed by atoms with Crippen molar-refractivity contribution in [2.75, 3.05) is 45.0 Å². The van der Waals surface area contributed by atoms with Crippen LogP contribution in [0.5, 0.6) is 11.5 Å². The van der Waals surface area contributed by atoms with Crippen LogP contribution in [0.3, 0.4) is 0 Å². The fourth-order valence-corrected chi connectivity index (χ4v) is 2.74. The molecule has 0 unspecified atom stereocenters. The fraction of sp³-hybridized carbons (Fsp3) is 0.357. The molecule has 2 aromatic rings. The van der Waals surface area contributed by atoms with E-state index in [2.05, 4.69) is 6.58 Å². The number of esters is 1. The third-order valence-corrected chi connectivity index (χ3v) is 4.62. The zero-order valence-electron chi connectivity index (χ0n) is 21.2. The average Bonchev–Trinajstić information content (AvgIpc) is 2.86. The van der Waals surface area contributed by atoms with Crippen LogP contribution in [0, 0.1) is 0 Å². The number of hydrogen-bond donors (Lipinski definition) is 2. The van der Waals surface area contributed by atoms with E-state index >= 15 is 0 Å². The summed E-state index contributed by atoms with van der Waals surface area (Å²) in [7, 11) is 1.56. The molecule has 0 saturated carbocycles. The summed E-state index contributed by atoms with van der Waals surface area (Å²) < 4.78 is 21.2. The van der Waals surface area contributed by atoms with Crippen molar-refractivity contribution in [2.24, 2.45) is 0 Å². The molecule has 0 spiro atoms. The molecule has 196 valence electrons. The highest BCUT2D eigenvalue weighted by Crippen LogP contribution is 2.23. The Morgan fingerprint density at radius 3 is 2.14 bits per heavy atom. The number of allylic oxidation sites excluding steroid dienone is 1. The van der Waals surface area contributed by atoms with Crippen LogP contribution in [-0.2, 0) is 19.1 Å². The van der Waals surface area contributed by atoms with E-state index in [9.17, 15) is 9.59 Å². The lowest BCUT2D eigenvalue weighted by atomic mass is 10.2. The Bertz CT molecular complexity index is 957. The smallest absolute Gasteiger partial charge is 0.330 e. The lowest BCUT2D eigenvalue weighted by Crippen LogP contribution is -2.06. The summed E-state index contributed by atoms with van der Waals surface area (Å²) >= 11 is 0. The normalized spacial score (nSPS) is 10.3. The van der Waals surface area contributed by atoms with Crippen molar-refractivity contribution in [2.45, 2.75) is 32.6 Å². The molecule has 2 aromatic carbocycles. The Morgan fingerprint density at radius 1 is 0.917 bits per heavy atom. The van der Waals surface area contributed by atoms with Gasteiger partial charge in [0.1, 0.15) is 24.4 Å². The van der Waals surface area contributed by atoms with Crippen LogP contribution >= 0.6 is 0 Å². The maximum Gasteiger partial charge on any atom is 0.330 e. The van der Waals surface area contributed by atoms with E-state index in [1.54, 1.807) is 38.3 Å². The summed E-state index contributed by atoms with van der Waals surface area (Å²) in [6.45, 7) is 6.89. The number of carbonyl (C=O) groups is 2. The molecule has 0 heterocycles. The second-order valence-electron chi connectivity index (χ2n) is 7.94. The van der Waals surface area contributed by atoms with E-state index in [4.69, 9.17) is 30.4 Å². The lowest BCUT2D eigenvalue weighted by Gasteiger charge is -2.09. The van der Waals surface area contributed by atoms with Crippen LogP contribution in [0.1, 0.15) is 38.2 Å². The maximum absolute atomic E-state index is 11.5. The van der Waals surface area contributed by atoms with E-state index in [-0.39, 0.29) is 12.6 Å². The highest BCUT2D eigenvalue weighted by Gasteiger charge is 2.01. The number of carbonyl (C=O) groups excluding carboxylic acids is 2.